The van der Waals surface area contributed by atoms with E-state index in [1.54, 1.807) is 0 Å². The maximum absolute atomic E-state index is 13.7. The Kier molecular flexibility index (Phi) is 4.65. The van der Waals surface area contributed by atoms with Gasteiger partial charge in [0.15, 0.2) is 0 Å². The van der Waals surface area contributed by atoms with E-state index in [0.29, 0.717) is 5.56 Å². The Balaban J connectivity index is 2.34. The first-order chi connectivity index (χ1) is 9.52. The number of benzene rings is 2. The van der Waals surface area contributed by atoms with Crippen molar-refractivity contribution in [2.45, 2.75) is 12.5 Å². The van der Waals surface area contributed by atoms with E-state index in [0.717, 1.165) is 18.2 Å². The van der Waals surface area contributed by atoms with Gasteiger partial charge >= 0.3 is 0 Å². The zero-order valence-corrected chi connectivity index (χ0v) is 11.1. The Labute approximate surface area is 119 Å². The highest BCUT2D eigenvalue weighted by atomic mass is 35.5. The summed E-state index contributed by atoms with van der Waals surface area (Å²) >= 11 is 5.90. The largest absolute Gasteiger partial charge is 0.271 e. The van der Waals surface area contributed by atoms with Gasteiger partial charge in [0.25, 0.3) is 0 Å². The van der Waals surface area contributed by atoms with Crippen LogP contribution in [0.4, 0.5) is 13.2 Å². The molecule has 6 heteroatoms. The van der Waals surface area contributed by atoms with Crippen molar-refractivity contribution in [3.05, 3.63) is 70.0 Å². The summed E-state index contributed by atoms with van der Waals surface area (Å²) in [6.45, 7) is 0. The zero-order valence-electron chi connectivity index (χ0n) is 10.3. The van der Waals surface area contributed by atoms with E-state index in [4.69, 9.17) is 17.4 Å². The molecule has 0 bridgehead atoms. The molecule has 2 rings (SSSR count). The molecule has 20 heavy (non-hydrogen) atoms. The molecular weight excluding hydrogens is 289 g/mol. The average Bonchev–Trinajstić information content (AvgIpc) is 2.39. The lowest BCUT2D eigenvalue weighted by molar-refractivity contribution is 0.472. The number of rotatable bonds is 4. The molecule has 0 spiro atoms. The summed E-state index contributed by atoms with van der Waals surface area (Å²) in [6, 6.07) is 6.59. The molecule has 0 amide bonds. The van der Waals surface area contributed by atoms with Crippen LogP contribution in [0.2, 0.25) is 5.02 Å². The van der Waals surface area contributed by atoms with Gasteiger partial charge in [-0.15, -0.1) is 0 Å². The fourth-order valence-electron chi connectivity index (χ4n) is 2.00. The van der Waals surface area contributed by atoms with E-state index in [9.17, 15) is 13.2 Å². The van der Waals surface area contributed by atoms with E-state index in [-0.39, 0.29) is 17.0 Å². The molecule has 0 radical (unpaired) electrons. The number of hydrazine groups is 1. The fraction of sp³-hybridized carbons (Fsp3) is 0.143. The van der Waals surface area contributed by atoms with Gasteiger partial charge in [0.1, 0.15) is 17.5 Å². The zero-order chi connectivity index (χ0) is 14.7. The van der Waals surface area contributed by atoms with Crippen molar-refractivity contribution in [3.63, 3.8) is 0 Å². The van der Waals surface area contributed by atoms with Crippen LogP contribution in [0.5, 0.6) is 0 Å². The molecular formula is C14H12ClF3N2. The Bertz CT molecular complexity index is 599. The third-order valence-electron chi connectivity index (χ3n) is 2.99. The topological polar surface area (TPSA) is 38.0 Å². The molecule has 1 atom stereocenters. The van der Waals surface area contributed by atoms with Gasteiger partial charge in [-0.05, 0) is 36.2 Å². The van der Waals surface area contributed by atoms with E-state index < -0.39 is 23.5 Å². The van der Waals surface area contributed by atoms with Crippen molar-refractivity contribution < 1.29 is 13.2 Å². The van der Waals surface area contributed by atoms with Crippen LogP contribution in [0, 0.1) is 17.5 Å². The van der Waals surface area contributed by atoms with Crippen LogP contribution >= 0.6 is 11.6 Å². The first kappa shape index (κ1) is 14.8. The maximum Gasteiger partial charge on any atom is 0.130 e. The Morgan fingerprint density at radius 2 is 1.75 bits per heavy atom. The Morgan fingerprint density at radius 3 is 2.30 bits per heavy atom. The van der Waals surface area contributed by atoms with Gasteiger partial charge in [0.05, 0.1) is 6.04 Å². The van der Waals surface area contributed by atoms with E-state index >= 15 is 0 Å². The highest BCUT2D eigenvalue weighted by Crippen LogP contribution is 2.27. The average molecular weight is 301 g/mol. The van der Waals surface area contributed by atoms with Gasteiger partial charge in [-0.3, -0.25) is 11.3 Å². The van der Waals surface area contributed by atoms with Gasteiger partial charge < -0.3 is 0 Å². The molecule has 0 aliphatic rings. The molecule has 0 heterocycles. The number of nitrogens with one attached hydrogen (secondary N) is 1. The van der Waals surface area contributed by atoms with Crippen molar-refractivity contribution in [3.8, 4) is 0 Å². The normalized spacial score (nSPS) is 12.4. The monoisotopic (exact) mass is 300 g/mol. The first-order valence-corrected chi connectivity index (χ1v) is 6.24. The van der Waals surface area contributed by atoms with Crippen LogP contribution in [-0.4, -0.2) is 0 Å². The minimum absolute atomic E-state index is 0.132. The molecule has 0 aromatic heterocycles. The van der Waals surface area contributed by atoms with Gasteiger partial charge in [0, 0.05) is 10.6 Å². The van der Waals surface area contributed by atoms with Crippen molar-refractivity contribution in [1.82, 2.24) is 5.43 Å². The van der Waals surface area contributed by atoms with E-state index in [1.165, 1.54) is 18.2 Å². The first-order valence-electron chi connectivity index (χ1n) is 5.87. The maximum atomic E-state index is 13.7. The van der Waals surface area contributed by atoms with Crippen molar-refractivity contribution >= 4 is 11.6 Å². The van der Waals surface area contributed by atoms with Gasteiger partial charge in [-0.1, -0.05) is 23.7 Å². The van der Waals surface area contributed by atoms with Crippen LogP contribution < -0.4 is 11.3 Å². The molecule has 3 N–H and O–H groups in total. The van der Waals surface area contributed by atoms with Crippen LogP contribution in [0.25, 0.3) is 0 Å². The Hall–Kier alpha value is -1.56. The summed E-state index contributed by atoms with van der Waals surface area (Å²) in [7, 11) is 0. The molecule has 0 saturated heterocycles. The highest BCUT2D eigenvalue weighted by molar-refractivity contribution is 6.31. The lowest BCUT2D eigenvalue weighted by atomic mass is 9.98. The summed E-state index contributed by atoms with van der Waals surface area (Å²) in [5.74, 6) is 3.49. The van der Waals surface area contributed by atoms with Crippen molar-refractivity contribution in [1.29, 1.82) is 0 Å². The molecule has 1 unspecified atom stereocenters. The summed E-state index contributed by atoms with van der Waals surface area (Å²) in [5, 5.41) is 0.182. The van der Waals surface area contributed by atoms with Crippen LogP contribution in [0.1, 0.15) is 17.2 Å². The van der Waals surface area contributed by atoms with Gasteiger partial charge in [0.2, 0.25) is 0 Å². The molecule has 2 aromatic carbocycles. The van der Waals surface area contributed by atoms with Crippen LogP contribution in [0.15, 0.2) is 36.4 Å². The summed E-state index contributed by atoms with van der Waals surface area (Å²) in [6.07, 6.45) is 0.132. The van der Waals surface area contributed by atoms with Crippen molar-refractivity contribution in [2.75, 3.05) is 0 Å². The molecule has 2 nitrogen and oxygen atoms in total. The van der Waals surface area contributed by atoms with E-state index in [1.807, 2.05) is 0 Å². The third-order valence-corrected chi connectivity index (χ3v) is 3.34. The van der Waals surface area contributed by atoms with Crippen molar-refractivity contribution in [2.24, 2.45) is 5.84 Å². The number of halogens is 4. The second kappa shape index (κ2) is 6.26. The Morgan fingerprint density at radius 1 is 1.10 bits per heavy atom. The molecule has 0 aliphatic heterocycles. The second-order valence-electron chi connectivity index (χ2n) is 4.29. The molecule has 0 fully saturated rings. The predicted octanol–water partition coefficient (Wildman–Crippen LogP) is 3.50. The predicted molar refractivity (Wildman–Crippen MR) is 71.5 cm³/mol. The summed E-state index contributed by atoms with van der Waals surface area (Å²) in [5.41, 5.74) is 2.73. The fourth-order valence-corrected chi connectivity index (χ4v) is 2.24. The second-order valence-corrected chi connectivity index (χ2v) is 4.70. The molecule has 0 aliphatic carbocycles. The highest BCUT2D eigenvalue weighted by Gasteiger charge is 2.20. The number of hydrogen-bond donors (Lipinski definition) is 2. The molecule has 0 saturated carbocycles. The quantitative estimate of drug-likeness (QED) is 0.670. The van der Waals surface area contributed by atoms with Crippen LogP contribution in [0.3, 0.4) is 0 Å². The third kappa shape index (κ3) is 3.12. The lowest BCUT2D eigenvalue weighted by Crippen LogP contribution is -2.31. The SMILES string of the molecule is NNC(Cc1ccc(F)cc1Cl)c1c(F)cccc1F. The minimum Gasteiger partial charge on any atom is -0.271 e. The number of hydrogen-bond acceptors (Lipinski definition) is 2. The lowest BCUT2D eigenvalue weighted by Gasteiger charge is -2.18. The van der Waals surface area contributed by atoms with E-state index in [2.05, 4.69) is 5.43 Å². The smallest absolute Gasteiger partial charge is 0.130 e. The van der Waals surface area contributed by atoms with Gasteiger partial charge in [-0.25, -0.2) is 13.2 Å². The standard InChI is InChI=1S/C14H12ClF3N2/c15-10-7-9(16)5-4-8(10)6-13(20-19)14-11(17)2-1-3-12(14)18/h1-5,7,13,20H,6,19H2. The van der Waals surface area contributed by atoms with Gasteiger partial charge in [-0.2, -0.15) is 0 Å². The summed E-state index contributed by atoms with van der Waals surface area (Å²) in [4.78, 5) is 0. The summed E-state index contributed by atoms with van der Waals surface area (Å²) < 4.78 is 40.4. The molecule has 2 aromatic rings. The van der Waals surface area contributed by atoms with Crippen LogP contribution in [-0.2, 0) is 6.42 Å². The minimum atomic E-state index is -0.806. The molecule has 106 valence electrons. The number of nitrogens with two attached hydrogens (primary N) is 1.